The SMILES string of the molecule is NC1CCN(CC(=O)NCc2ccncc2)CC1. The van der Waals surface area contributed by atoms with Gasteiger partial charge >= 0.3 is 0 Å². The van der Waals surface area contributed by atoms with Crippen molar-refractivity contribution in [2.45, 2.75) is 25.4 Å². The second-order valence-corrected chi connectivity index (χ2v) is 4.75. The Kier molecular flexibility index (Phi) is 4.66. The standard InChI is InChI=1S/C13H20N4O/c14-12-3-7-17(8-4-12)10-13(18)16-9-11-1-5-15-6-2-11/h1-2,5-6,12H,3-4,7-10,14H2,(H,16,18). The number of aromatic nitrogens is 1. The first kappa shape index (κ1) is 13.0. The summed E-state index contributed by atoms with van der Waals surface area (Å²) in [5.41, 5.74) is 6.90. The maximum absolute atomic E-state index is 11.8. The number of piperidine rings is 1. The summed E-state index contributed by atoms with van der Waals surface area (Å²) in [7, 11) is 0. The molecule has 0 radical (unpaired) electrons. The van der Waals surface area contributed by atoms with Crippen LogP contribution in [-0.4, -0.2) is 41.5 Å². The number of nitrogens with two attached hydrogens (primary N) is 1. The van der Waals surface area contributed by atoms with Gasteiger partial charge in [0.05, 0.1) is 6.54 Å². The Bertz CT molecular complexity index is 374. The van der Waals surface area contributed by atoms with Crippen LogP contribution in [0, 0.1) is 0 Å². The first-order valence-electron chi connectivity index (χ1n) is 6.37. The number of rotatable bonds is 4. The Morgan fingerprint density at radius 1 is 1.39 bits per heavy atom. The molecule has 2 heterocycles. The third-order valence-electron chi connectivity index (χ3n) is 3.24. The van der Waals surface area contributed by atoms with E-state index in [9.17, 15) is 4.79 Å². The second-order valence-electron chi connectivity index (χ2n) is 4.75. The number of amides is 1. The molecular formula is C13H20N4O. The summed E-state index contributed by atoms with van der Waals surface area (Å²) in [6.45, 7) is 2.88. The molecule has 5 heteroatoms. The molecule has 1 aromatic heterocycles. The summed E-state index contributed by atoms with van der Waals surface area (Å²) >= 11 is 0. The van der Waals surface area contributed by atoms with Crippen LogP contribution in [0.2, 0.25) is 0 Å². The normalized spacial score (nSPS) is 17.6. The van der Waals surface area contributed by atoms with Crippen molar-refractivity contribution in [2.75, 3.05) is 19.6 Å². The number of pyridine rings is 1. The number of nitrogens with one attached hydrogen (secondary N) is 1. The molecule has 3 N–H and O–H groups in total. The van der Waals surface area contributed by atoms with Gasteiger partial charge in [0.25, 0.3) is 0 Å². The van der Waals surface area contributed by atoms with Crippen LogP contribution in [0.3, 0.4) is 0 Å². The van der Waals surface area contributed by atoms with Gasteiger partial charge in [0.15, 0.2) is 0 Å². The zero-order valence-corrected chi connectivity index (χ0v) is 10.5. The topological polar surface area (TPSA) is 71.2 Å². The molecule has 2 rings (SSSR count). The van der Waals surface area contributed by atoms with Crippen molar-refractivity contribution in [1.29, 1.82) is 0 Å². The summed E-state index contributed by atoms with van der Waals surface area (Å²) < 4.78 is 0. The molecule has 1 aliphatic heterocycles. The minimum atomic E-state index is 0.0716. The molecule has 1 aliphatic rings. The van der Waals surface area contributed by atoms with Crippen LogP contribution in [0.4, 0.5) is 0 Å². The lowest BCUT2D eigenvalue weighted by Crippen LogP contribution is -2.44. The lowest BCUT2D eigenvalue weighted by atomic mass is 10.1. The molecule has 0 aliphatic carbocycles. The highest BCUT2D eigenvalue weighted by molar-refractivity contribution is 5.78. The molecule has 0 atom stereocenters. The van der Waals surface area contributed by atoms with E-state index in [0.29, 0.717) is 19.1 Å². The average Bonchev–Trinajstić information content (AvgIpc) is 2.40. The van der Waals surface area contributed by atoms with Crippen LogP contribution in [0.1, 0.15) is 18.4 Å². The Balaban J connectivity index is 1.69. The second kappa shape index (κ2) is 6.47. The van der Waals surface area contributed by atoms with Crippen molar-refractivity contribution < 1.29 is 4.79 Å². The Morgan fingerprint density at radius 2 is 2.06 bits per heavy atom. The van der Waals surface area contributed by atoms with Crippen LogP contribution in [0.15, 0.2) is 24.5 Å². The van der Waals surface area contributed by atoms with E-state index in [4.69, 9.17) is 5.73 Å². The number of carbonyl (C=O) groups is 1. The minimum Gasteiger partial charge on any atom is -0.351 e. The van der Waals surface area contributed by atoms with Gasteiger partial charge in [-0.05, 0) is 30.5 Å². The zero-order chi connectivity index (χ0) is 12.8. The highest BCUT2D eigenvalue weighted by atomic mass is 16.2. The summed E-state index contributed by atoms with van der Waals surface area (Å²) in [5, 5.41) is 2.92. The lowest BCUT2D eigenvalue weighted by Gasteiger charge is -2.29. The van der Waals surface area contributed by atoms with Crippen LogP contribution in [0.25, 0.3) is 0 Å². The molecule has 18 heavy (non-hydrogen) atoms. The zero-order valence-electron chi connectivity index (χ0n) is 10.5. The van der Waals surface area contributed by atoms with Crippen molar-refractivity contribution in [3.05, 3.63) is 30.1 Å². The fourth-order valence-electron chi connectivity index (χ4n) is 2.07. The van der Waals surface area contributed by atoms with E-state index in [1.807, 2.05) is 12.1 Å². The first-order valence-corrected chi connectivity index (χ1v) is 6.37. The molecule has 1 fully saturated rings. The van der Waals surface area contributed by atoms with Gasteiger partial charge in [0, 0.05) is 38.1 Å². The number of hydrogen-bond donors (Lipinski definition) is 2. The quantitative estimate of drug-likeness (QED) is 0.794. The monoisotopic (exact) mass is 248 g/mol. The van der Waals surface area contributed by atoms with Crippen LogP contribution < -0.4 is 11.1 Å². The van der Waals surface area contributed by atoms with Crippen molar-refractivity contribution in [2.24, 2.45) is 5.73 Å². The summed E-state index contributed by atoms with van der Waals surface area (Å²) in [5.74, 6) is 0.0716. The predicted molar refractivity (Wildman–Crippen MR) is 69.7 cm³/mol. The summed E-state index contributed by atoms with van der Waals surface area (Å²) in [6.07, 6.45) is 5.43. The molecular weight excluding hydrogens is 228 g/mol. The van der Waals surface area contributed by atoms with E-state index in [1.165, 1.54) is 0 Å². The van der Waals surface area contributed by atoms with E-state index in [-0.39, 0.29) is 5.91 Å². The highest BCUT2D eigenvalue weighted by Crippen LogP contribution is 2.07. The molecule has 0 bridgehead atoms. The van der Waals surface area contributed by atoms with Crippen molar-refractivity contribution in [3.63, 3.8) is 0 Å². The van der Waals surface area contributed by atoms with Gasteiger partial charge in [-0.25, -0.2) is 0 Å². The third-order valence-corrected chi connectivity index (χ3v) is 3.24. The van der Waals surface area contributed by atoms with Crippen molar-refractivity contribution in [3.8, 4) is 0 Å². The molecule has 98 valence electrons. The fraction of sp³-hybridized carbons (Fsp3) is 0.538. The number of hydrogen-bond acceptors (Lipinski definition) is 4. The molecule has 0 spiro atoms. The van der Waals surface area contributed by atoms with Gasteiger partial charge in [-0.3, -0.25) is 14.7 Å². The molecule has 1 amide bonds. The van der Waals surface area contributed by atoms with Crippen LogP contribution in [-0.2, 0) is 11.3 Å². The Hall–Kier alpha value is -1.46. The van der Waals surface area contributed by atoms with Crippen LogP contribution in [0.5, 0.6) is 0 Å². The molecule has 1 aromatic rings. The smallest absolute Gasteiger partial charge is 0.234 e. The summed E-state index contributed by atoms with van der Waals surface area (Å²) in [4.78, 5) is 17.9. The molecule has 0 unspecified atom stereocenters. The van der Waals surface area contributed by atoms with Crippen LogP contribution >= 0.6 is 0 Å². The third kappa shape index (κ3) is 4.09. The van der Waals surface area contributed by atoms with Gasteiger partial charge in [0.1, 0.15) is 0 Å². The van der Waals surface area contributed by atoms with E-state index < -0.39 is 0 Å². The van der Waals surface area contributed by atoms with E-state index in [0.717, 1.165) is 31.5 Å². The Morgan fingerprint density at radius 3 is 2.72 bits per heavy atom. The van der Waals surface area contributed by atoms with Crippen molar-refractivity contribution in [1.82, 2.24) is 15.2 Å². The van der Waals surface area contributed by atoms with E-state index in [1.54, 1.807) is 12.4 Å². The molecule has 5 nitrogen and oxygen atoms in total. The Labute approximate surface area is 107 Å². The minimum absolute atomic E-state index is 0.0716. The maximum atomic E-state index is 11.8. The molecule has 0 aromatic carbocycles. The fourth-order valence-corrected chi connectivity index (χ4v) is 2.07. The average molecular weight is 248 g/mol. The number of likely N-dealkylation sites (tertiary alicyclic amines) is 1. The van der Waals surface area contributed by atoms with Gasteiger partial charge in [-0.15, -0.1) is 0 Å². The van der Waals surface area contributed by atoms with E-state index >= 15 is 0 Å². The predicted octanol–water partition coefficient (Wildman–Crippen LogP) is 0.121. The molecule has 1 saturated heterocycles. The van der Waals surface area contributed by atoms with Gasteiger partial charge < -0.3 is 11.1 Å². The number of carbonyl (C=O) groups excluding carboxylic acids is 1. The highest BCUT2D eigenvalue weighted by Gasteiger charge is 2.17. The summed E-state index contributed by atoms with van der Waals surface area (Å²) in [6, 6.07) is 4.11. The molecule has 0 saturated carbocycles. The number of nitrogens with zero attached hydrogens (tertiary/aromatic N) is 2. The van der Waals surface area contributed by atoms with Gasteiger partial charge in [0.2, 0.25) is 5.91 Å². The largest absolute Gasteiger partial charge is 0.351 e. The van der Waals surface area contributed by atoms with Gasteiger partial charge in [-0.1, -0.05) is 0 Å². The first-order chi connectivity index (χ1) is 8.74. The van der Waals surface area contributed by atoms with Crippen molar-refractivity contribution >= 4 is 5.91 Å². The van der Waals surface area contributed by atoms with E-state index in [2.05, 4.69) is 15.2 Å². The maximum Gasteiger partial charge on any atom is 0.234 e. The van der Waals surface area contributed by atoms with Gasteiger partial charge in [-0.2, -0.15) is 0 Å². The lowest BCUT2D eigenvalue weighted by molar-refractivity contribution is -0.122.